The molecule has 11 heteroatoms. The van der Waals surface area contributed by atoms with Crippen LogP contribution in [0.25, 0.3) is 10.9 Å². The minimum Gasteiger partial charge on any atom is -0.487 e. The summed E-state index contributed by atoms with van der Waals surface area (Å²) in [6, 6.07) is 11.2. The molecule has 2 aliphatic rings. The Balaban J connectivity index is 1.23. The molecule has 0 amide bonds. The van der Waals surface area contributed by atoms with E-state index in [0.717, 1.165) is 24.0 Å². The predicted molar refractivity (Wildman–Crippen MR) is 155 cm³/mol. The number of carbonyl (C=O) groups excluding carboxylic acids is 1. The number of nitrogens with two attached hydrogens (primary N) is 1. The molecular weight excluding hydrogens is 561 g/mol. The number of halogens is 3. The molecule has 0 radical (unpaired) electrons. The van der Waals surface area contributed by atoms with Gasteiger partial charge in [0.1, 0.15) is 23.9 Å². The number of aromatic amines is 1. The molecule has 1 saturated heterocycles. The van der Waals surface area contributed by atoms with E-state index in [2.05, 4.69) is 10.1 Å². The number of carbonyl (C=O) groups is 1. The second kappa shape index (κ2) is 12.0. The molecule has 4 aromatic rings. The smallest absolute Gasteiger partial charge is 0.272 e. The number of ether oxygens (including phenoxy) is 3. The number of anilines is 1. The molecule has 0 saturated carbocycles. The van der Waals surface area contributed by atoms with Crippen LogP contribution in [0.3, 0.4) is 0 Å². The number of nitrogen functional groups attached to an aromatic ring is 1. The third-order valence-corrected chi connectivity index (χ3v) is 7.85. The van der Waals surface area contributed by atoms with E-state index >= 15 is 0 Å². The van der Waals surface area contributed by atoms with E-state index in [9.17, 15) is 18.0 Å². The van der Waals surface area contributed by atoms with E-state index in [4.69, 9.17) is 19.9 Å². The molecular formula is C32H31F3N4O4. The largest absolute Gasteiger partial charge is 0.487 e. The van der Waals surface area contributed by atoms with Gasteiger partial charge < -0.3 is 24.9 Å². The third kappa shape index (κ3) is 5.90. The van der Waals surface area contributed by atoms with Gasteiger partial charge in [-0.25, -0.2) is 17.9 Å². The van der Waals surface area contributed by atoms with E-state index in [0.29, 0.717) is 47.7 Å². The third-order valence-electron chi connectivity index (χ3n) is 7.85. The molecule has 43 heavy (non-hydrogen) atoms. The van der Waals surface area contributed by atoms with Crippen LogP contribution < -0.4 is 15.2 Å². The summed E-state index contributed by atoms with van der Waals surface area (Å²) in [6.45, 7) is 2.30. The minimum atomic E-state index is -2.61. The summed E-state index contributed by atoms with van der Waals surface area (Å²) in [7, 11) is 0. The Bertz CT molecular complexity index is 1720. The summed E-state index contributed by atoms with van der Waals surface area (Å²) in [4.78, 5) is 16.8. The number of nitrogens with zero attached hydrogens (tertiary/aromatic N) is 2. The lowest BCUT2D eigenvalue weighted by Gasteiger charge is -2.24. The summed E-state index contributed by atoms with van der Waals surface area (Å²) in [6.07, 6.45) is 4.56. The molecule has 1 fully saturated rings. The Labute approximate surface area is 245 Å². The zero-order valence-corrected chi connectivity index (χ0v) is 23.5. The van der Waals surface area contributed by atoms with Gasteiger partial charge in [0.15, 0.2) is 11.6 Å². The van der Waals surface area contributed by atoms with Crippen molar-refractivity contribution in [3.63, 3.8) is 0 Å². The summed E-state index contributed by atoms with van der Waals surface area (Å²) in [5, 5.41) is 5.07. The van der Waals surface area contributed by atoms with Gasteiger partial charge in [-0.05, 0) is 79.6 Å². The maximum atomic E-state index is 14.1. The Morgan fingerprint density at radius 1 is 1.19 bits per heavy atom. The number of allylic oxidation sites excluding steroid dienone is 3. The Hall–Kier alpha value is -4.51. The van der Waals surface area contributed by atoms with Gasteiger partial charge in [-0.15, -0.1) is 0 Å². The molecule has 8 nitrogen and oxygen atoms in total. The van der Waals surface area contributed by atoms with Gasteiger partial charge in [-0.3, -0.25) is 4.79 Å². The fourth-order valence-electron chi connectivity index (χ4n) is 5.63. The lowest BCUT2D eigenvalue weighted by Crippen LogP contribution is -2.16. The van der Waals surface area contributed by atoms with Crippen molar-refractivity contribution in [3.8, 4) is 11.5 Å². The molecule has 3 heterocycles. The fourth-order valence-corrected chi connectivity index (χ4v) is 5.63. The maximum absolute atomic E-state index is 14.1. The van der Waals surface area contributed by atoms with Gasteiger partial charge in [0.2, 0.25) is 5.78 Å². The van der Waals surface area contributed by atoms with Crippen LogP contribution >= 0.6 is 0 Å². The van der Waals surface area contributed by atoms with Crippen LogP contribution in [0.5, 0.6) is 11.5 Å². The number of nitrogens with one attached hydrogen (secondary N) is 1. The normalized spacial score (nSPS) is 17.7. The van der Waals surface area contributed by atoms with Crippen molar-refractivity contribution in [2.75, 3.05) is 25.6 Å². The minimum absolute atomic E-state index is 0.0980. The molecule has 2 aromatic heterocycles. The topological polar surface area (TPSA) is 104 Å². The first-order valence-corrected chi connectivity index (χ1v) is 14.1. The first kappa shape index (κ1) is 28.6. The molecule has 1 aliphatic carbocycles. The second-order valence-corrected chi connectivity index (χ2v) is 10.7. The maximum Gasteiger partial charge on any atom is 0.272 e. The number of para-hydroxylation sites is 1. The molecule has 0 bridgehead atoms. The Kier molecular flexibility index (Phi) is 7.98. The zero-order chi connectivity index (χ0) is 30.1. The number of aromatic nitrogens is 3. The van der Waals surface area contributed by atoms with Crippen molar-refractivity contribution < 1.29 is 32.2 Å². The average Bonchev–Trinajstić information content (AvgIpc) is 3.60. The van der Waals surface area contributed by atoms with Gasteiger partial charge in [0, 0.05) is 24.1 Å². The molecule has 1 atom stereocenters. The summed E-state index contributed by atoms with van der Waals surface area (Å²) in [5.74, 6) is 0.561. The number of H-pyrrole nitrogens is 1. The van der Waals surface area contributed by atoms with Gasteiger partial charge in [0.05, 0.1) is 23.5 Å². The Morgan fingerprint density at radius 3 is 2.72 bits per heavy atom. The van der Waals surface area contributed by atoms with Crippen molar-refractivity contribution in [3.05, 3.63) is 94.8 Å². The lowest BCUT2D eigenvalue weighted by atomic mass is 9.90. The molecule has 0 spiro atoms. The molecule has 1 aliphatic heterocycles. The van der Waals surface area contributed by atoms with E-state index in [1.165, 1.54) is 12.3 Å². The molecule has 3 N–H and O–H groups in total. The molecule has 224 valence electrons. The van der Waals surface area contributed by atoms with Crippen LogP contribution in [0.4, 0.5) is 19.0 Å². The number of rotatable bonds is 9. The quantitative estimate of drug-likeness (QED) is 0.210. The monoisotopic (exact) mass is 592 g/mol. The van der Waals surface area contributed by atoms with E-state index in [-0.39, 0.29) is 34.9 Å². The number of hydrogen-bond donors (Lipinski definition) is 2. The fraction of sp³-hybridized carbons (Fsp3) is 0.312. The summed E-state index contributed by atoms with van der Waals surface area (Å²) in [5.41, 5.74) is 9.25. The predicted octanol–water partition coefficient (Wildman–Crippen LogP) is 6.71. The lowest BCUT2D eigenvalue weighted by molar-refractivity contribution is 0.0756. The number of benzene rings is 2. The van der Waals surface area contributed by atoms with Gasteiger partial charge in [-0.1, -0.05) is 18.2 Å². The highest BCUT2D eigenvalue weighted by atomic mass is 19.3. The molecule has 2 aromatic carbocycles. The van der Waals surface area contributed by atoms with E-state index in [1.807, 2.05) is 25.1 Å². The standard InChI is InChI=1S/C32H31F3N4O4/c1-18-12-21(6-7-27(18)43-28-5-3-2-4-24(28)33)39-32(36)23(16-37-39)31(40)26-13-20-14-29(42-17-30(34)35)22(15-25(20)38-26)19-8-10-41-11-9-19/h2-5,7,12-16,19,21,30,38H,6,8-11,17,36H2,1H3. The van der Waals surface area contributed by atoms with Crippen molar-refractivity contribution in [1.29, 1.82) is 0 Å². The van der Waals surface area contributed by atoms with Crippen molar-refractivity contribution in [2.24, 2.45) is 0 Å². The van der Waals surface area contributed by atoms with Crippen LogP contribution in [0.2, 0.25) is 0 Å². The van der Waals surface area contributed by atoms with Crippen molar-refractivity contribution in [2.45, 2.75) is 44.6 Å². The average molecular weight is 593 g/mol. The van der Waals surface area contributed by atoms with Crippen LogP contribution in [-0.4, -0.2) is 46.8 Å². The van der Waals surface area contributed by atoms with Crippen LogP contribution in [-0.2, 0) is 4.74 Å². The van der Waals surface area contributed by atoms with E-state index in [1.54, 1.807) is 35.0 Å². The zero-order valence-electron chi connectivity index (χ0n) is 23.5. The summed E-state index contributed by atoms with van der Waals surface area (Å²) >= 11 is 0. The highest BCUT2D eigenvalue weighted by molar-refractivity contribution is 6.12. The highest BCUT2D eigenvalue weighted by Gasteiger charge is 2.26. The molecule has 6 rings (SSSR count). The second-order valence-electron chi connectivity index (χ2n) is 10.7. The van der Waals surface area contributed by atoms with E-state index < -0.39 is 18.8 Å². The first-order valence-electron chi connectivity index (χ1n) is 14.1. The van der Waals surface area contributed by atoms with Gasteiger partial charge in [0.25, 0.3) is 6.43 Å². The number of alkyl halides is 2. The SMILES string of the molecule is CC1=CC(n2ncc(C(=O)c3cc4cc(OCC(F)F)c(C5CCOCC5)cc4[nH]3)c2N)CC=C1Oc1ccccc1F. The van der Waals surface area contributed by atoms with Crippen LogP contribution in [0.1, 0.15) is 59.8 Å². The van der Waals surface area contributed by atoms with Crippen LogP contribution in [0.15, 0.2) is 72.1 Å². The first-order chi connectivity index (χ1) is 20.8. The van der Waals surface area contributed by atoms with Crippen LogP contribution in [0, 0.1) is 5.82 Å². The number of fused-ring (bicyclic) bond motifs is 1. The molecule has 1 unspecified atom stereocenters. The summed E-state index contributed by atoms with van der Waals surface area (Å²) < 4.78 is 58.3. The van der Waals surface area contributed by atoms with Gasteiger partial charge >= 0.3 is 0 Å². The van der Waals surface area contributed by atoms with Crippen molar-refractivity contribution in [1.82, 2.24) is 14.8 Å². The Morgan fingerprint density at radius 2 is 1.98 bits per heavy atom. The number of ketones is 1. The van der Waals surface area contributed by atoms with Gasteiger partial charge in [-0.2, -0.15) is 5.10 Å². The highest BCUT2D eigenvalue weighted by Crippen LogP contribution is 2.38. The van der Waals surface area contributed by atoms with Crippen molar-refractivity contribution >= 4 is 22.5 Å². The number of hydrogen-bond acceptors (Lipinski definition) is 6.